The molecular formula is C17H23N5. The van der Waals surface area contributed by atoms with Gasteiger partial charge in [-0.3, -0.25) is 9.67 Å². The van der Waals surface area contributed by atoms with Crippen LogP contribution in [0.15, 0.2) is 53.8 Å². The molecule has 0 unspecified atom stereocenters. The summed E-state index contributed by atoms with van der Waals surface area (Å²) >= 11 is 0. The van der Waals surface area contributed by atoms with Crippen LogP contribution in [0.1, 0.15) is 19.3 Å². The molecule has 3 rings (SSSR count). The van der Waals surface area contributed by atoms with Crippen LogP contribution in [0.3, 0.4) is 0 Å². The molecule has 116 valence electrons. The Bertz CT molecular complexity index is 570. The quantitative estimate of drug-likeness (QED) is 0.697. The molecule has 0 saturated carbocycles. The number of nitrogens with zero attached hydrogens (tertiary/aromatic N) is 4. The Kier molecular flexibility index (Phi) is 5.08. The Labute approximate surface area is 131 Å². The van der Waals surface area contributed by atoms with Gasteiger partial charge in [0, 0.05) is 31.2 Å². The van der Waals surface area contributed by atoms with Crippen LogP contribution in [-0.2, 0) is 6.54 Å². The first-order valence-electron chi connectivity index (χ1n) is 8.01. The molecule has 0 amide bonds. The summed E-state index contributed by atoms with van der Waals surface area (Å²) in [6, 6.07) is 12.2. The molecule has 1 aromatic heterocycles. The molecule has 0 radical (unpaired) electrons. The average Bonchev–Trinajstić information content (AvgIpc) is 3.09. The van der Waals surface area contributed by atoms with Crippen LogP contribution in [0.4, 0.5) is 5.69 Å². The fourth-order valence-corrected chi connectivity index (χ4v) is 2.67. The highest BCUT2D eigenvalue weighted by Gasteiger charge is 2.14. The molecule has 1 N–H and O–H groups in total. The number of rotatable bonds is 4. The number of guanidine groups is 1. The molecule has 1 saturated heterocycles. The molecule has 1 fully saturated rings. The van der Waals surface area contributed by atoms with Gasteiger partial charge in [-0.15, -0.1) is 0 Å². The number of nitrogens with one attached hydrogen (secondary N) is 1. The Morgan fingerprint density at radius 3 is 2.64 bits per heavy atom. The molecule has 1 aliphatic heterocycles. The van der Waals surface area contributed by atoms with Crippen molar-refractivity contribution in [2.75, 3.05) is 25.0 Å². The van der Waals surface area contributed by atoms with Gasteiger partial charge in [0.15, 0.2) is 5.96 Å². The smallest absolute Gasteiger partial charge is 0.198 e. The lowest BCUT2D eigenvalue weighted by Gasteiger charge is -2.30. The molecule has 5 heteroatoms. The Hall–Kier alpha value is -2.30. The van der Waals surface area contributed by atoms with Gasteiger partial charge in [0.25, 0.3) is 0 Å². The van der Waals surface area contributed by atoms with Crippen LogP contribution >= 0.6 is 0 Å². The first-order chi connectivity index (χ1) is 10.9. The summed E-state index contributed by atoms with van der Waals surface area (Å²) in [5.41, 5.74) is 1.09. The second-order valence-corrected chi connectivity index (χ2v) is 5.51. The molecule has 22 heavy (non-hydrogen) atoms. The molecule has 0 aliphatic carbocycles. The molecule has 1 aromatic carbocycles. The zero-order valence-corrected chi connectivity index (χ0v) is 12.9. The van der Waals surface area contributed by atoms with Gasteiger partial charge in [-0.05, 0) is 37.5 Å². The number of piperidine rings is 1. The summed E-state index contributed by atoms with van der Waals surface area (Å²) in [7, 11) is 0. The lowest BCUT2D eigenvalue weighted by Crippen LogP contribution is -2.40. The molecule has 2 heterocycles. The number of benzene rings is 1. The standard InChI is InChI=1S/C17H23N5/c1-3-8-16(9-4-1)20-17(21-12-5-2-6-13-21)18-11-15-22-14-7-10-19-22/h1,3-4,7-10,14H,2,5-6,11-13,15H2,(H,18,20). The molecular weight excluding hydrogens is 274 g/mol. The van der Waals surface area contributed by atoms with Gasteiger partial charge in [-0.2, -0.15) is 5.10 Å². The van der Waals surface area contributed by atoms with Gasteiger partial charge in [0.05, 0.1) is 13.1 Å². The molecule has 0 spiro atoms. The van der Waals surface area contributed by atoms with E-state index in [2.05, 4.69) is 27.4 Å². The van der Waals surface area contributed by atoms with E-state index in [-0.39, 0.29) is 0 Å². The summed E-state index contributed by atoms with van der Waals surface area (Å²) in [6.45, 7) is 3.70. The van der Waals surface area contributed by atoms with Crippen molar-refractivity contribution in [1.82, 2.24) is 14.7 Å². The van der Waals surface area contributed by atoms with Crippen molar-refractivity contribution in [3.8, 4) is 0 Å². The maximum atomic E-state index is 4.79. The third kappa shape index (κ3) is 4.10. The number of aliphatic imine (C=N–C) groups is 1. The summed E-state index contributed by atoms with van der Waals surface area (Å²) in [5.74, 6) is 0.984. The van der Waals surface area contributed by atoms with E-state index in [9.17, 15) is 0 Å². The van der Waals surface area contributed by atoms with Crippen molar-refractivity contribution in [3.63, 3.8) is 0 Å². The van der Waals surface area contributed by atoms with E-state index in [4.69, 9.17) is 4.99 Å². The zero-order chi connectivity index (χ0) is 15.0. The third-order valence-electron chi connectivity index (χ3n) is 3.84. The number of hydrogen-bond acceptors (Lipinski definition) is 2. The maximum Gasteiger partial charge on any atom is 0.198 e. The van der Waals surface area contributed by atoms with E-state index in [0.29, 0.717) is 0 Å². The van der Waals surface area contributed by atoms with Crippen molar-refractivity contribution in [2.45, 2.75) is 25.8 Å². The first-order valence-corrected chi connectivity index (χ1v) is 8.01. The Morgan fingerprint density at radius 2 is 1.91 bits per heavy atom. The minimum atomic E-state index is 0.730. The Morgan fingerprint density at radius 1 is 1.09 bits per heavy atom. The van der Waals surface area contributed by atoms with Crippen LogP contribution in [-0.4, -0.2) is 40.3 Å². The number of para-hydroxylation sites is 1. The highest BCUT2D eigenvalue weighted by Crippen LogP contribution is 2.12. The molecule has 5 nitrogen and oxygen atoms in total. The largest absolute Gasteiger partial charge is 0.343 e. The Balaban J connectivity index is 1.67. The van der Waals surface area contributed by atoms with Gasteiger partial charge in [0.2, 0.25) is 0 Å². The monoisotopic (exact) mass is 297 g/mol. The fourth-order valence-electron chi connectivity index (χ4n) is 2.67. The van der Waals surface area contributed by atoms with Crippen molar-refractivity contribution in [2.24, 2.45) is 4.99 Å². The van der Waals surface area contributed by atoms with Gasteiger partial charge < -0.3 is 10.2 Å². The minimum Gasteiger partial charge on any atom is -0.343 e. The van der Waals surface area contributed by atoms with Gasteiger partial charge in [0.1, 0.15) is 0 Å². The topological polar surface area (TPSA) is 45.5 Å². The second kappa shape index (κ2) is 7.64. The highest BCUT2D eigenvalue weighted by atomic mass is 15.3. The number of hydrogen-bond donors (Lipinski definition) is 1. The highest BCUT2D eigenvalue weighted by molar-refractivity contribution is 5.93. The molecule has 1 aliphatic rings. The molecule has 0 bridgehead atoms. The van der Waals surface area contributed by atoms with E-state index in [1.165, 1.54) is 19.3 Å². The summed E-state index contributed by atoms with van der Waals surface area (Å²) in [5, 5.41) is 7.70. The van der Waals surface area contributed by atoms with E-state index < -0.39 is 0 Å². The maximum absolute atomic E-state index is 4.79. The van der Waals surface area contributed by atoms with Crippen molar-refractivity contribution < 1.29 is 0 Å². The van der Waals surface area contributed by atoms with E-state index in [0.717, 1.165) is 37.8 Å². The van der Waals surface area contributed by atoms with Crippen LogP contribution in [0.5, 0.6) is 0 Å². The summed E-state index contributed by atoms with van der Waals surface area (Å²) < 4.78 is 1.92. The van der Waals surface area contributed by atoms with Gasteiger partial charge in [-0.1, -0.05) is 18.2 Å². The minimum absolute atomic E-state index is 0.730. The van der Waals surface area contributed by atoms with Crippen LogP contribution in [0, 0.1) is 0 Å². The van der Waals surface area contributed by atoms with Gasteiger partial charge in [-0.25, -0.2) is 0 Å². The number of aromatic nitrogens is 2. The third-order valence-corrected chi connectivity index (χ3v) is 3.84. The van der Waals surface area contributed by atoms with Crippen LogP contribution in [0.2, 0.25) is 0 Å². The molecule has 2 aromatic rings. The molecule has 0 atom stereocenters. The lowest BCUT2D eigenvalue weighted by atomic mass is 10.1. The van der Waals surface area contributed by atoms with Crippen LogP contribution in [0.25, 0.3) is 0 Å². The average molecular weight is 297 g/mol. The number of anilines is 1. The summed E-state index contributed by atoms with van der Waals surface area (Å²) in [6.07, 6.45) is 7.59. The second-order valence-electron chi connectivity index (χ2n) is 5.51. The fraction of sp³-hybridized carbons (Fsp3) is 0.412. The SMILES string of the molecule is c1ccc(NC(=NCCn2cccn2)N2CCCCC2)cc1. The van der Waals surface area contributed by atoms with Crippen LogP contribution < -0.4 is 5.32 Å². The summed E-state index contributed by atoms with van der Waals surface area (Å²) in [4.78, 5) is 7.15. The van der Waals surface area contributed by atoms with Gasteiger partial charge >= 0.3 is 0 Å². The number of likely N-dealkylation sites (tertiary alicyclic amines) is 1. The predicted octanol–water partition coefficient (Wildman–Crippen LogP) is 2.84. The van der Waals surface area contributed by atoms with E-state index >= 15 is 0 Å². The zero-order valence-electron chi connectivity index (χ0n) is 12.9. The van der Waals surface area contributed by atoms with E-state index in [1.807, 2.05) is 35.1 Å². The lowest BCUT2D eigenvalue weighted by molar-refractivity contribution is 0.340. The van der Waals surface area contributed by atoms with Crippen molar-refractivity contribution in [1.29, 1.82) is 0 Å². The first kappa shape index (κ1) is 14.6. The predicted molar refractivity (Wildman–Crippen MR) is 90.0 cm³/mol. The van der Waals surface area contributed by atoms with E-state index in [1.54, 1.807) is 6.20 Å². The van der Waals surface area contributed by atoms with Crippen molar-refractivity contribution >= 4 is 11.6 Å². The normalized spacial score (nSPS) is 15.8. The van der Waals surface area contributed by atoms with Crippen molar-refractivity contribution in [3.05, 3.63) is 48.8 Å².